The van der Waals surface area contributed by atoms with Crippen molar-refractivity contribution < 1.29 is 13.9 Å². The normalized spacial score (nSPS) is 11.8. The highest BCUT2D eigenvalue weighted by atomic mass is 19.1. The number of rotatable bonds is 6. The van der Waals surface area contributed by atoms with Gasteiger partial charge in [-0.25, -0.2) is 4.39 Å². The van der Waals surface area contributed by atoms with Crippen LogP contribution in [0.1, 0.15) is 19.4 Å². The van der Waals surface area contributed by atoms with E-state index < -0.39 is 0 Å². The topological polar surface area (TPSA) is 18.5 Å². The van der Waals surface area contributed by atoms with E-state index in [-0.39, 0.29) is 5.82 Å². The molecule has 0 atom stereocenters. The van der Waals surface area contributed by atoms with Gasteiger partial charge in [-0.1, -0.05) is 12.7 Å². The van der Waals surface area contributed by atoms with Gasteiger partial charge in [0.1, 0.15) is 24.8 Å². The summed E-state index contributed by atoms with van der Waals surface area (Å²) in [7, 11) is 0. The van der Waals surface area contributed by atoms with Crippen LogP contribution < -0.4 is 4.74 Å². The number of allylic oxidation sites excluding steroid dienone is 3. The van der Waals surface area contributed by atoms with Gasteiger partial charge in [0.05, 0.1) is 5.76 Å². The van der Waals surface area contributed by atoms with Crippen LogP contribution in [0, 0.1) is 12.7 Å². The largest absolute Gasteiger partial charge is 0.494 e. The highest BCUT2D eigenvalue weighted by Crippen LogP contribution is 2.18. The van der Waals surface area contributed by atoms with Crippen molar-refractivity contribution in [1.29, 1.82) is 0 Å². The van der Waals surface area contributed by atoms with E-state index in [1.54, 1.807) is 12.1 Å². The Balaban J connectivity index is 2.41. The second kappa shape index (κ2) is 6.84. The molecule has 0 bridgehead atoms. The molecular formula is C15H19FO2. The van der Waals surface area contributed by atoms with E-state index in [0.717, 1.165) is 16.9 Å². The number of benzene rings is 1. The second-order valence-electron chi connectivity index (χ2n) is 4.05. The molecule has 0 saturated heterocycles. The summed E-state index contributed by atoms with van der Waals surface area (Å²) < 4.78 is 23.9. The molecule has 0 radical (unpaired) electrons. The lowest BCUT2D eigenvalue weighted by molar-refractivity contribution is 0.155. The van der Waals surface area contributed by atoms with E-state index in [2.05, 4.69) is 6.58 Å². The van der Waals surface area contributed by atoms with Crippen molar-refractivity contribution in [2.45, 2.75) is 20.8 Å². The zero-order valence-corrected chi connectivity index (χ0v) is 11.1. The standard InChI is InChI=1S/C15H19FO2/c1-5-11(2)13(4)17-8-9-18-15-7-6-14(16)10-12(15)3/h5-7,10H,1,8-9H2,2-4H3. The Morgan fingerprint density at radius 2 is 2.06 bits per heavy atom. The first-order chi connectivity index (χ1) is 8.54. The summed E-state index contributed by atoms with van der Waals surface area (Å²) >= 11 is 0. The predicted molar refractivity (Wildman–Crippen MR) is 71.2 cm³/mol. The lowest BCUT2D eigenvalue weighted by Gasteiger charge is -2.11. The molecule has 18 heavy (non-hydrogen) atoms. The van der Waals surface area contributed by atoms with Crippen LogP contribution in [0.4, 0.5) is 4.39 Å². The van der Waals surface area contributed by atoms with Crippen molar-refractivity contribution in [3.8, 4) is 5.75 Å². The van der Waals surface area contributed by atoms with Gasteiger partial charge in [0.15, 0.2) is 0 Å². The fourth-order valence-corrected chi connectivity index (χ4v) is 1.38. The second-order valence-corrected chi connectivity index (χ2v) is 4.05. The van der Waals surface area contributed by atoms with Crippen LogP contribution in [0.25, 0.3) is 0 Å². The molecule has 0 aromatic heterocycles. The summed E-state index contributed by atoms with van der Waals surface area (Å²) in [5.74, 6) is 1.27. The van der Waals surface area contributed by atoms with Gasteiger partial charge in [-0.05, 0) is 50.1 Å². The zero-order chi connectivity index (χ0) is 13.5. The average Bonchev–Trinajstić information content (AvgIpc) is 2.35. The van der Waals surface area contributed by atoms with Crippen LogP contribution in [0.3, 0.4) is 0 Å². The van der Waals surface area contributed by atoms with E-state index in [1.807, 2.05) is 20.8 Å². The van der Waals surface area contributed by atoms with Crippen LogP contribution in [0.15, 0.2) is 42.2 Å². The summed E-state index contributed by atoms with van der Waals surface area (Å²) in [6, 6.07) is 4.46. The molecule has 1 rings (SSSR count). The molecule has 0 heterocycles. The Bertz CT molecular complexity index is 450. The molecule has 0 aliphatic rings. The van der Waals surface area contributed by atoms with Gasteiger partial charge in [0.2, 0.25) is 0 Å². The molecule has 0 spiro atoms. The van der Waals surface area contributed by atoms with Crippen molar-refractivity contribution in [3.63, 3.8) is 0 Å². The third-order valence-electron chi connectivity index (χ3n) is 2.66. The van der Waals surface area contributed by atoms with Crippen LogP contribution >= 0.6 is 0 Å². The van der Waals surface area contributed by atoms with Crippen molar-refractivity contribution in [2.24, 2.45) is 0 Å². The molecule has 0 N–H and O–H groups in total. The first kappa shape index (κ1) is 14.3. The molecule has 0 amide bonds. The SMILES string of the molecule is C=CC(C)=C(C)OCCOc1ccc(F)cc1C. The molecule has 1 aromatic carbocycles. The molecular weight excluding hydrogens is 231 g/mol. The highest BCUT2D eigenvalue weighted by Gasteiger charge is 2.01. The van der Waals surface area contributed by atoms with Gasteiger partial charge >= 0.3 is 0 Å². The Hall–Kier alpha value is -1.77. The summed E-state index contributed by atoms with van der Waals surface area (Å²) in [4.78, 5) is 0. The third-order valence-corrected chi connectivity index (χ3v) is 2.66. The van der Waals surface area contributed by atoms with Crippen molar-refractivity contribution in [3.05, 3.63) is 53.6 Å². The van der Waals surface area contributed by atoms with Gasteiger partial charge < -0.3 is 9.47 Å². The van der Waals surface area contributed by atoms with Crippen LogP contribution in [0.5, 0.6) is 5.75 Å². The minimum Gasteiger partial charge on any atom is -0.494 e. The summed E-state index contributed by atoms with van der Waals surface area (Å²) in [5, 5.41) is 0. The van der Waals surface area contributed by atoms with Crippen LogP contribution in [-0.2, 0) is 4.74 Å². The van der Waals surface area contributed by atoms with Crippen molar-refractivity contribution in [1.82, 2.24) is 0 Å². The molecule has 2 nitrogen and oxygen atoms in total. The van der Waals surface area contributed by atoms with E-state index in [0.29, 0.717) is 19.0 Å². The minimum atomic E-state index is -0.253. The molecule has 0 aliphatic heterocycles. The number of hydrogen-bond acceptors (Lipinski definition) is 2. The van der Waals surface area contributed by atoms with E-state index >= 15 is 0 Å². The molecule has 0 fully saturated rings. The van der Waals surface area contributed by atoms with Crippen LogP contribution in [0.2, 0.25) is 0 Å². The lowest BCUT2D eigenvalue weighted by Crippen LogP contribution is -2.07. The number of hydrogen-bond donors (Lipinski definition) is 0. The number of aryl methyl sites for hydroxylation is 1. The molecule has 0 aliphatic carbocycles. The van der Waals surface area contributed by atoms with Gasteiger partial charge in [0, 0.05) is 0 Å². The Morgan fingerprint density at radius 1 is 1.33 bits per heavy atom. The fourth-order valence-electron chi connectivity index (χ4n) is 1.38. The summed E-state index contributed by atoms with van der Waals surface area (Å²) in [6.07, 6.45) is 1.75. The maximum Gasteiger partial charge on any atom is 0.123 e. The first-order valence-corrected chi connectivity index (χ1v) is 5.86. The predicted octanol–water partition coefficient (Wildman–Crippen LogP) is 4.01. The number of halogens is 1. The minimum absolute atomic E-state index is 0.253. The van der Waals surface area contributed by atoms with E-state index in [4.69, 9.17) is 9.47 Å². The van der Waals surface area contributed by atoms with Crippen molar-refractivity contribution in [2.75, 3.05) is 13.2 Å². The summed E-state index contributed by atoms with van der Waals surface area (Å²) in [5.41, 5.74) is 1.79. The van der Waals surface area contributed by atoms with E-state index in [1.165, 1.54) is 12.1 Å². The van der Waals surface area contributed by atoms with Gasteiger partial charge in [-0.15, -0.1) is 0 Å². The number of ether oxygens (including phenoxy) is 2. The first-order valence-electron chi connectivity index (χ1n) is 5.86. The fraction of sp³-hybridized carbons (Fsp3) is 0.333. The van der Waals surface area contributed by atoms with Crippen LogP contribution in [-0.4, -0.2) is 13.2 Å². The maximum atomic E-state index is 12.9. The Kier molecular flexibility index (Phi) is 5.43. The molecule has 3 heteroatoms. The monoisotopic (exact) mass is 250 g/mol. The smallest absolute Gasteiger partial charge is 0.123 e. The third kappa shape index (κ3) is 4.24. The highest BCUT2D eigenvalue weighted by molar-refractivity contribution is 5.32. The maximum absolute atomic E-state index is 12.9. The zero-order valence-electron chi connectivity index (χ0n) is 11.1. The average molecular weight is 250 g/mol. The van der Waals surface area contributed by atoms with E-state index in [9.17, 15) is 4.39 Å². The van der Waals surface area contributed by atoms with Crippen molar-refractivity contribution >= 4 is 0 Å². The molecule has 0 unspecified atom stereocenters. The quantitative estimate of drug-likeness (QED) is 0.431. The molecule has 0 saturated carbocycles. The lowest BCUT2D eigenvalue weighted by atomic mass is 10.2. The summed E-state index contributed by atoms with van der Waals surface area (Å²) in [6.45, 7) is 10.2. The van der Waals surface area contributed by atoms with Gasteiger partial charge in [-0.2, -0.15) is 0 Å². The van der Waals surface area contributed by atoms with Gasteiger partial charge in [-0.3, -0.25) is 0 Å². The Labute approximate surface area is 108 Å². The molecule has 1 aromatic rings. The van der Waals surface area contributed by atoms with Gasteiger partial charge in [0.25, 0.3) is 0 Å². The molecule has 98 valence electrons. The Morgan fingerprint density at radius 3 is 2.67 bits per heavy atom.